The minimum absolute atomic E-state index is 0.131. The molecule has 0 radical (unpaired) electrons. The highest BCUT2D eigenvalue weighted by atomic mass is 16.2. The first kappa shape index (κ1) is 11.8. The third-order valence-electron chi connectivity index (χ3n) is 3.35. The predicted octanol–water partition coefficient (Wildman–Crippen LogP) is 1.87. The van der Waals surface area contributed by atoms with E-state index < -0.39 is 0 Å². The van der Waals surface area contributed by atoms with Crippen LogP contribution in [0.5, 0.6) is 0 Å². The van der Waals surface area contributed by atoms with Crippen molar-refractivity contribution in [1.29, 1.82) is 0 Å². The van der Waals surface area contributed by atoms with E-state index >= 15 is 0 Å². The molecule has 0 bridgehead atoms. The van der Waals surface area contributed by atoms with Crippen molar-refractivity contribution in [3.8, 4) is 0 Å². The SMILES string of the molecule is O=C(NCCC1Cc2ccccc2N1)n1ccnc1. The molecule has 0 saturated carbocycles. The van der Waals surface area contributed by atoms with E-state index in [0.29, 0.717) is 12.6 Å². The van der Waals surface area contributed by atoms with E-state index in [9.17, 15) is 4.79 Å². The number of para-hydroxylation sites is 1. The molecule has 0 saturated heterocycles. The summed E-state index contributed by atoms with van der Waals surface area (Å²) in [7, 11) is 0. The summed E-state index contributed by atoms with van der Waals surface area (Å²) < 4.78 is 1.44. The Labute approximate surface area is 111 Å². The molecule has 5 nitrogen and oxygen atoms in total. The van der Waals surface area contributed by atoms with E-state index in [-0.39, 0.29) is 6.03 Å². The highest BCUT2D eigenvalue weighted by Crippen LogP contribution is 2.26. The summed E-state index contributed by atoms with van der Waals surface area (Å²) in [6, 6.07) is 8.61. The van der Waals surface area contributed by atoms with Gasteiger partial charge in [-0.15, -0.1) is 0 Å². The minimum atomic E-state index is -0.131. The van der Waals surface area contributed by atoms with Crippen molar-refractivity contribution in [3.63, 3.8) is 0 Å². The Morgan fingerprint density at radius 3 is 3.16 bits per heavy atom. The van der Waals surface area contributed by atoms with Crippen LogP contribution in [0.1, 0.15) is 12.0 Å². The molecule has 1 aliphatic rings. The lowest BCUT2D eigenvalue weighted by atomic mass is 10.1. The molecular weight excluding hydrogens is 240 g/mol. The number of nitrogens with zero attached hydrogens (tertiary/aromatic N) is 2. The molecule has 5 heteroatoms. The van der Waals surface area contributed by atoms with Crippen molar-refractivity contribution in [2.24, 2.45) is 0 Å². The number of hydrogen-bond donors (Lipinski definition) is 2. The number of rotatable bonds is 3. The largest absolute Gasteiger partial charge is 0.382 e. The van der Waals surface area contributed by atoms with Gasteiger partial charge < -0.3 is 10.6 Å². The average molecular weight is 256 g/mol. The van der Waals surface area contributed by atoms with Gasteiger partial charge in [0.1, 0.15) is 6.33 Å². The summed E-state index contributed by atoms with van der Waals surface area (Å²) in [4.78, 5) is 15.5. The molecule has 0 fully saturated rings. The topological polar surface area (TPSA) is 59.0 Å². The molecule has 2 heterocycles. The summed E-state index contributed by atoms with van der Waals surface area (Å²) in [5.41, 5.74) is 2.57. The molecule has 1 unspecified atom stereocenters. The van der Waals surface area contributed by atoms with E-state index in [4.69, 9.17) is 0 Å². The van der Waals surface area contributed by atoms with Crippen LogP contribution in [0.2, 0.25) is 0 Å². The van der Waals surface area contributed by atoms with Crippen molar-refractivity contribution < 1.29 is 4.79 Å². The summed E-state index contributed by atoms with van der Waals surface area (Å²) in [5, 5.41) is 6.36. The fraction of sp³-hybridized carbons (Fsp3) is 0.286. The van der Waals surface area contributed by atoms with Crippen molar-refractivity contribution in [3.05, 3.63) is 48.5 Å². The maximum Gasteiger partial charge on any atom is 0.326 e. The van der Waals surface area contributed by atoms with Crippen LogP contribution in [0.3, 0.4) is 0 Å². The molecule has 1 aromatic heterocycles. The monoisotopic (exact) mass is 256 g/mol. The maximum absolute atomic E-state index is 11.7. The van der Waals surface area contributed by atoms with Gasteiger partial charge in [-0.05, 0) is 24.5 Å². The van der Waals surface area contributed by atoms with Crippen molar-refractivity contribution in [2.45, 2.75) is 18.9 Å². The van der Waals surface area contributed by atoms with Crippen LogP contribution in [0.25, 0.3) is 0 Å². The van der Waals surface area contributed by atoms with E-state index in [2.05, 4.69) is 33.8 Å². The second-order valence-electron chi connectivity index (χ2n) is 4.69. The molecule has 19 heavy (non-hydrogen) atoms. The number of hydrogen-bond acceptors (Lipinski definition) is 3. The Kier molecular flexibility index (Phi) is 3.18. The van der Waals surface area contributed by atoms with Gasteiger partial charge in [0, 0.05) is 30.7 Å². The molecule has 2 N–H and O–H groups in total. The highest BCUT2D eigenvalue weighted by Gasteiger charge is 2.19. The van der Waals surface area contributed by atoms with Crippen LogP contribution >= 0.6 is 0 Å². The Morgan fingerprint density at radius 1 is 1.47 bits per heavy atom. The van der Waals surface area contributed by atoms with Crippen molar-refractivity contribution >= 4 is 11.7 Å². The Balaban J connectivity index is 1.46. The van der Waals surface area contributed by atoms with E-state index in [0.717, 1.165) is 12.8 Å². The van der Waals surface area contributed by atoms with Gasteiger partial charge in [0.05, 0.1) is 0 Å². The Bertz CT molecular complexity index is 540. The molecule has 98 valence electrons. The standard InChI is InChI=1S/C14H16N4O/c19-14(18-8-7-15-10-18)16-6-5-12-9-11-3-1-2-4-13(11)17-12/h1-4,7-8,10,12,17H,5-6,9H2,(H,16,19). The number of aromatic nitrogens is 2. The Morgan fingerprint density at radius 2 is 2.37 bits per heavy atom. The zero-order chi connectivity index (χ0) is 13.1. The van der Waals surface area contributed by atoms with Crippen LogP contribution < -0.4 is 10.6 Å². The summed E-state index contributed by atoms with van der Waals surface area (Å²) >= 11 is 0. The van der Waals surface area contributed by atoms with Gasteiger partial charge in [-0.2, -0.15) is 0 Å². The minimum Gasteiger partial charge on any atom is -0.382 e. The number of carbonyl (C=O) groups is 1. The summed E-state index contributed by atoms with van der Waals surface area (Å²) in [5.74, 6) is 0. The number of benzene rings is 1. The van der Waals surface area contributed by atoms with Crippen LogP contribution in [0.4, 0.5) is 10.5 Å². The molecule has 1 atom stereocenters. The lowest BCUT2D eigenvalue weighted by Crippen LogP contribution is -2.31. The third kappa shape index (κ3) is 2.59. The van der Waals surface area contributed by atoms with E-state index in [1.807, 2.05) is 6.07 Å². The zero-order valence-electron chi connectivity index (χ0n) is 10.5. The van der Waals surface area contributed by atoms with Crippen molar-refractivity contribution in [2.75, 3.05) is 11.9 Å². The normalized spacial score (nSPS) is 16.7. The Hall–Kier alpha value is -2.30. The second-order valence-corrected chi connectivity index (χ2v) is 4.69. The lowest BCUT2D eigenvalue weighted by molar-refractivity contribution is 0.242. The summed E-state index contributed by atoms with van der Waals surface area (Å²) in [6.45, 7) is 0.655. The van der Waals surface area contributed by atoms with E-state index in [1.54, 1.807) is 12.4 Å². The lowest BCUT2D eigenvalue weighted by Gasteiger charge is -2.11. The third-order valence-corrected chi connectivity index (χ3v) is 3.35. The van der Waals surface area contributed by atoms with Gasteiger partial charge in [0.15, 0.2) is 0 Å². The van der Waals surface area contributed by atoms with Crippen molar-refractivity contribution in [1.82, 2.24) is 14.9 Å². The highest BCUT2D eigenvalue weighted by molar-refractivity contribution is 5.76. The molecule has 2 aromatic rings. The van der Waals surface area contributed by atoms with Gasteiger partial charge >= 0.3 is 6.03 Å². The number of imidazole rings is 1. The van der Waals surface area contributed by atoms with E-state index in [1.165, 1.54) is 22.1 Å². The van der Waals surface area contributed by atoms with Gasteiger partial charge in [0.25, 0.3) is 0 Å². The first-order chi connectivity index (χ1) is 9.33. The van der Waals surface area contributed by atoms with Gasteiger partial charge in [-0.3, -0.25) is 4.57 Å². The number of anilines is 1. The molecule has 1 amide bonds. The van der Waals surface area contributed by atoms with Crippen LogP contribution in [0, 0.1) is 0 Å². The molecular formula is C14H16N4O. The average Bonchev–Trinajstić information content (AvgIpc) is 3.07. The zero-order valence-corrected chi connectivity index (χ0v) is 10.5. The predicted molar refractivity (Wildman–Crippen MR) is 73.2 cm³/mol. The number of fused-ring (bicyclic) bond motifs is 1. The molecule has 1 aromatic carbocycles. The van der Waals surface area contributed by atoms with Gasteiger partial charge in [-0.1, -0.05) is 18.2 Å². The maximum atomic E-state index is 11.7. The molecule has 1 aliphatic heterocycles. The van der Waals surface area contributed by atoms with Crippen LogP contribution in [0.15, 0.2) is 43.0 Å². The molecule has 0 spiro atoms. The fourth-order valence-corrected chi connectivity index (χ4v) is 2.37. The smallest absolute Gasteiger partial charge is 0.326 e. The second kappa shape index (κ2) is 5.14. The quantitative estimate of drug-likeness (QED) is 0.881. The molecule has 3 rings (SSSR count). The fourth-order valence-electron chi connectivity index (χ4n) is 2.37. The first-order valence-electron chi connectivity index (χ1n) is 6.43. The van der Waals surface area contributed by atoms with Gasteiger partial charge in [-0.25, -0.2) is 9.78 Å². The first-order valence-corrected chi connectivity index (χ1v) is 6.43. The number of amides is 1. The number of carbonyl (C=O) groups excluding carboxylic acids is 1. The van der Waals surface area contributed by atoms with Crippen LogP contribution in [-0.4, -0.2) is 28.2 Å². The molecule has 0 aliphatic carbocycles. The number of nitrogens with one attached hydrogen (secondary N) is 2. The van der Waals surface area contributed by atoms with Crippen LogP contribution in [-0.2, 0) is 6.42 Å². The van der Waals surface area contributed by atoms with Gasteiger partial charge in [0.2, 0.25) is 0 Å². The summed E-state index contributed by atoms with van der Waals surface area (Å²) in [6.07, 6.45) is 6.67.